The van der Waals surface area contributed by atoms with Gasteiger partial charge in [0.1, 0.15) is 0 Å². The van der Waals surface area contributed by atoms with Crippen molar-refractivity contribution in [2.45, 2.75) is 51.4 Å². The Morgan fingerprint density at radius 1 is 0.833 bits per heavy atom. The van der Waals surface area contributed by atoms with Crippen LogP contribution in [-0.2, 0) is 0 Å². The summed E-state index contributed by atoms with van der Waals surface area (Å²) in [5, 5.41) is 8.44. The SMILES string of the molecule is OCCCCCCCCC(F)F. The smallest absolute Gasteiger partial charge is 0.238 e. The van der Waals surface area contributed by atoms with Gasteiger partial charge in [-0.15, -0.1) is 0 Å². The van der Waals surface area contributed by atoms with E-state index in [1.165, 1.54) is 0 Å². The summed E-state index contributed by atoms with van der Waals surface area (Å²) < 4.78 is 23.3. The van der Waals surface area contributed by atoms with Crippen molar-refractivity contribution in [3.05, 3.63) is 0 Å². The summed E-state index contributed by atoms with van der Waals surface area (Å²) in [6.07, 6.45) is 3.38. The Balaban J connectivity index is 2.82. The molecule has 12 heavy (non-hydrogen) atoms. The van der Waals surface area contributed by atoms with E-state index in [-0.39, 0.29) is 13.0 Å². The molecule has 0 amide bonds. The molecule has 0 saturated heterocycles. The Bertz CT molecular complexity index is 86.6. The monoisotopic (exact) mass is 180 g/mol. The predicted molar refractivity (Wildman–Crippen MR) is 45.4 cm³/mol. The molecule has 0 radical (unpaired) electrons. The van der Waals surface area contributed by atoms with Gasteiger partial charge in [-0.05, 0) is 12.8 Å². The van der Waals surface area contributed by atoms with Crippen molar-refractivity contribution >= 4 is 0 Å². The van der Waals surface area contributed by atoms with Crippen molar-refractivity contribution in [2.75, 3.05) is 6.61 Å². The Hall–Kier alpha value is -0.180. The first-order chi connectivity index (χ1) is 5.77. The fourth-order valence-corrected chi connectivity index (χ4v) is 1.12. The van der Waals surface area contributed by atoms with E-state index in [9.17, 15) is 8.78 Å². The van der Waals surface area contributed by atoms with Gasteiger partial charge in [0.2, 0.25) is 6.43 Å². The molecular weight excluding hydrogens is 162 g/mol. The Labute approximate surface area is 72.8 Å². The minimum absolute atomic E-state index is 0.0417. The molecule has 0 heterocycles. The average molecular weight is 180 g/mol. The van der Waals surface area contributed by atoms with Crippen LogP contribution < -0.4 is 0 Å². The number of rotatable bonds is 8. The van der Waals surface area contributed by atoms with Crippen molar-refractivity contribution in [3.8, 4) is 0 Å². The number of alkyl halides is 2. The highest BCUT2D eigenvalue weighted by molar-refractivity contribution is 4.46. The number of halogens is 2. The summed E-state index contributed by atoms with van der Waals surface area (Å²) in [7, 11) is 0. The summed E-state index contributed by atoms with van der Waals surface area (Å²) in [6, 6.07) is 0. The minimum atomic E-state index is -2.14. The molecule has 0 aliphatic rings. The molecule has 0 atom stereocenters. The molecule has 74 valence electrons. The fraction of sp³-hybridized carbons (Fsp3) is 1.00. The van der Waals surface area contributed by atoms with E-state index in [0.29, 0.717) is 6.42 Å². The van der Waals surface area contributed by atoms with Gasteiger partial charge in [-0.25, -0.2) is 8.78 Å². The lowest BCUT2D eigenvalue weighted by molar-refractivity contribution is 0.133. The van der Waals surface area contributed by atoms with Gasteiger partial charge >= 0.3 is 0 Å². The van der Waals surface area contributed by atoms with E-state index >= 15 is 0 Å². The maximum Gasteiger partial charge on any atom is 0.238 e. The molecule has 3 heteroatoms. The van der Waals surface area contributed by atoms with Crippen LogP contribution in [0.5, 0.6) is 0 Å². The molecule has 0 aromatic rings. The maximum atomic E-state index is 11.6. The third-order valence-corrected chi connectivity index (χ3v) is 1.83. The largest absolute Gasteiger partial charge is 0.396 e. The van der Waals surface area contributed by atoms with Crippen LogP contribution in [0.15, 0.2) is 0 Å². The van der Waals surface area contributed by atoms with Crippen LogP contribution in [0.2, 0.25) is 0 Å². The lowest BCUT2D eigenvalue weighted by atomic mass is 10.1. The molecule has 0 saturated carbocycles. The van der Waals surface area contributed by atoms with Crippen molar-refractivity contribution in [3.63, 3.8) is 0 Å². The molecule has 1 nitrogen and oxygen atoms in total. The highest BCUT2D eigenvalue weighted by atomic mass is 19.3. The summed E-state index contributed by atoms with van der Waals surface area (Å²) >= 11 is 0. The van der Waals surface area contributed by atoms with Crippen LogP contribution in [0.3, 0.4) is 0 Å². The van der Waals surface area contributed by atoms with Crippen LogP contribution >= 0.6 is 0 Å². The molecule has 0 unspecified atom stereocenters. The Kier molecular flexibility index (Phi) is 8.78. The third kappa shape index (κ3) is 9.82. The summed E-state index contributed by atoms with van der Waals surface area (Å²) in [5.74, 6) is 0. The number of hydrogen-bond donors (Lipinski definition) is 1. The number of aliphatic hydroxyl groups excluding tert-OH is 1. The highest BCUT2D eigenvalue weighted by Gasteiger charge is 2.00. The average Bonchev–Trinajstić information content (AvgIpc) is 2.02. The zero-order valence-corrected chi connectivity index (χ0v) is 7.44. The van der Waals surface area contributed by atoms with E-state index in [1.54, 1.807) is 0 Å². The fourth-order valence-electron chi connectivity index (χ4n) is 1.12. The standard InChI is InChI=1S/C9H18F2O/c10-9(11)7-5-3-1-2-4-6-8-12/h9,12H,1-8H2. The van der Waals surface area contributed by atoms with E-state index in [2.05, 4.69) is 0 Å². The Morgan fingerprint density at radius 2 is 1.33 bits per heavy atom. The van der Waals surface area contributed by atoms with E-state index < -0.39 is 6.43 Å². The quantitative estimate of drug-likeness (QED) is 0.569. The molecule has 0 spiro atoms. The van der Waals surface area contributed by atoms with Crippen LogP contribution in [0, 0.1) is 0 Å². The maximum absolute atomic E-state index is 11.6. The van der Waals surface area contributed by atoms with Gasteiger partial charge in [0.05, 0.1) is 0 Å². The van der Waals surface area contributed by atoms with E-state index in [0.717, 1.165) is 32.1 Å². The minimum Gasteiger partial charge on any atom is -0.396 e. The summed E-state index contributed by atoms with van der Waals surface area (Å²) in [5.41, 5.74) is 0. The van der Waals surface area contributed by atoms with Crippen LogP contribution in [0.1, 0.15) is 44.9 Å². The van der Waals surface area contributed by atoms with Gasteiger partial charge < -0.3 is 5.11 Å². The van der Waals surface area contributed by atoms with Crippen molar-refractivity contribution in [1.82, 2.24) is 0 Å². The first kappa shape index (κ1) is 11.8. The topological polar surface area (TPSA) is 20.2 Å². The first-order valence-corrected chi connectivity index (χ1v) is 4.66. The normalized spacial score (nSPS) is 11.0. The molecular formula is C9H18F2O. The number of unbranched alkanes of at least 4 members (excludes halogenated alkanes) is 5. The van der Waals surface area contributed by atoms with Crippen LogP contribution in [0.4, 0.5) is 8.78 Å². The molecule has 0 aliphatic carbocycles. The lowest BCUT2D eigenvalue weighted by Gasteiger charge is -2.00. The van der Waals surface area contributed by atoms with Gasteiger partial charge in [0.15, 0.2) is 0 Å². The molecule has 0 aromatic heterocycles. The van der Waals surface area contributed by atoms with Gasteiger partial charge in [-0.3, -0.25) is 0 Å². The lowest BCUT2D eigenvalue weighted by Crippen LogP contribution is -1.90. The second-order valence-corrected chi connectivity index (χ2v) is 3.02. The van der Waals surface area contributed by atoms with Gasteiger partial charge in [0.25, 0.3) is 0 Å². The first-order valence-electron chi connectivity index (χ1n) is 4.66. The summed E-state index contributed by atoms with van der Waals surface area (Å²) in [4.78, 5) is 0. The van der Waals surface area contributed by atoms with Gasteiger partial charge in [-0.2, -0.15) is 0 Å². The third-order valence-electron chi connectivity index (χ3n) is 1.83. The van der Waals surface area contributed by atoms with Crippen LogP contribution in [-0.4, -0.2) is 18.1 Å². The number of aliphatic hydroxyl groups is 1. The zero-order valence-electron chi connectivity index (χ0n) is 7.44. The second-order valence-electron chi connectivity index (χ2n) is 3.02. The molecule has 0 rings (SSSR count). The Morgan fingerprint density at radius 3 is 1.83 bits per heavy atom. The van der Waals surface area contributed by atoms with Crippen molar-refractivity contribution in [1.29, 1.82) is 0 Å². The van der Waals surface area contributed by atoms with E-state index in [1.807, 2.05) is 0 Å². The molecule has 0 aromatic carbocycles. The second kappa shape index (κ2) is 8.91. The van der Waals surface area contributed by atoms with Crippen molar-refractivity contribution in [2.24, 2.45) is 0 Å². The summed E-state index contributed by atoms with van der Waals surface area (Å²) in [6.45, 7) is 0.247. The van der Waals surface area contributed by atoms with Gasteiger partial charge in [0, 0.05) is 13.0 Å². The predicted octanol–water partition coefficient (Wildman–Crippen LogP) is 2.97. The molecule has 0 bridgehead atoms. The van der Waals surface area contributed by atoms with E-state index in [4.69, 9.17) is 5.11 Å². The molecule has 0 fully saturated rings. The zero-order chi connectivity index (χ0) is 9.23. The highest BCUT2D eigenvalue weighted by Crippen LogP contribution is 2.10. The molecule has 1 N–H and O–H groups in total. The van der Waals surface area contributed by atoms with Crippen molar-refractivity contribution < 1.29 is 13.9 Å². The number of hydrogen-bond acceptors (Lipinski definition) is 1. The molecule has 0 aliphatic heterocycles. The van der Waals surface area contributed by atoms with Crippen LogP contribution in [0.25, 0.3) is 0 Å². The van der Waals surface area contributed by atoms with Gasteiger partial charge in [-0.1, -0.05) is 25.7 Å².